The van der Waals surface area contributed by atoms with Crippen molar-refractivity contribution < 1.29 is 14.2 Å². The molecule has 1 aromatic rings. The van der Waals surface area contributed by atoms with Crippen molar-refractivity contribution in [1.29, 1.82) is 0 Å². The van der Waals surface area contributed by atoms with E-state index in [0.29, 0.717) is 12.2 Å². The van der Waals surface area contributed by atoms with Crippen molar-refractivity contribution in [1.82, 2.24) is 0 Å². The Morgan fingerprint density at radius 3 is 2.50 bits per heavy atom. The van der Waals surface area contributed by atoms with Crippen LogP contribution in [0.1, 0.15) is 18.9 Å². The third-order valence-electron chi connectivity index (χ3n) is 2.42. The monoisotopic (exact) mass is 222 g/mol. The molecule has 0 fully saturated rings. The van der Waals surface area contributed by atoms with Crippen LogP contribution >= 0.6 is 0 Å². The van der Waals surface area contributed by atoms with Crippen LogP contribution in [0.25, 0.3) is 6.08 Å². The Balaban J connectivity index is 2.88. The van der Waals surface area contributed by atoms with Crippen LogP contribution in [0.2, 0.25) is 0 Å². The normalized spacial score (nSPS) is 11.2. The Kier molecular flexibility index (Phi) is 4.52. The third kappa shape index (κ3) is 2.84. The van der Waals surface area contributed by atoms with E-state index in [9.17, 15) is 0 Å². The smallest absolute Gasteiger partial charge is 0.326 e. The standard InChI is InChI=1S/C13H18O3/c1-5-11-8-7-9-12(10-11)16-13(6-2,14-3)15-4/h5,7-10H,1,6H2,2-4H3. The number of hydrogen-bond donors (Lipinski definition) is 0. The highest BCUT2D eigenvalue weighted by molar-refractivity contribution is 5.49. The Bertz CT molecular complexity index is 335. The fourth-order valence-corrected chi connectivity index (χ4v) is 1.41. The van der Waals surface area contributed by atoms with Gasteiger partial charge in [-0.15, -0.1) is 0 Å². The largest absolute Gasteiger partial charge is 0.439 e. The molecule has 3 nitrogen and oxygen atoms in total. The summed E-state index contributed by atoms with van der Waals surface area (Å²) in [4.78, 5) is 0. The van der Waals surface area contributed by atoms with Crippen molar-refractivity contribution in [2.75, 3.05) is 14.2 Å². The molecule has 0 saturated carbocycles. The zero-order valence-electron chi connectivity index (χ0n) is 10.0. The first-order chi connectivity index (χ1) is 7.69. The van der Waals surface area contributed by atoms with Crippen molar-refractivity contribution in [3.63, 3.8) is 0 Å². The minimum Gasteiger partial charge on any atom is -0.439 e. The van der Waals surface area contributed by atoms with Gasteiger partial charge in [0.1, 0.15) is 5.75 Å². The number of methoxy groups -OCH3 is 2. The molecule has 0 spiro atoms. The van der Waals surface area contributed by atoms with Gasteiger partial charge in [0.05, 0.1) is 0 Å². The molecule has 0 N–H and O–H groups in total. The van der Waals surface area contributed by atoms with Crippen LogP contribution in [0.5, 0.6) is 5.75 Å². The maximum atomic E-state index is 5.70. The molecule has 0 radical (unpaired) electrons. The van der Waals surface area contributed by atoms with E-state index >= 15 is 0 Å². The van der Waals surface area contributed by atoms with E-state index < -0.39 is 5.97 Å². The van der Waals surface area contributed by atoms with Crippen molar-refractivity contribution in [3.8, 4) is 5.75 Å². The number of rotatable bonds is 6. The molecule has 0 heterocycles. The van der Waals surface area contributed by atoms with Crippen molar-refractivity contribution in [2.45, 2.75) is 19.3 Å². The van der Waals surface area contributed by atoms with E-state index in [1.807, 2.05) is 31.2 Å². The van der Waals surface area contributed by atoms with Gasteiger partial charge in [0.25, 0.3) is 0 Å². The number of benzene rings is 1. The zero-order valence-corrected chi connectivity index (χ0v) is 10.0. The van der Waals surface area contributed by atoms with Crippen LogP contribution in [0.4, 0.5) is 0 Å². The van der Waals surface area contributed by atoms with Crippen molar-refractivity contribution in [2.24, 2.45) is 0 Å². The first kappa shape index (κ1) is 12.7. The average molecular weight is 222 g/mol. The lowest BCUT2D eigenvalue weighted by molar-refractivity contribution is -0.322. The molecule has 0 amide bonds. The Morgan fingerprint density at radius 1 is 1.31 bits per heavy atom. The predicted molar refractivity (Wildman–Crippen MR) is 64.2 cm³/mol. The third-order valence-corrected chi connectivity index (χ3v) is 2.42. The Morgan fingerprint density at radius 2 is 2.00 bits per heavy atom. The second-order valence-electron chi connectivity index (χ2n) is 3.32. The summed E-state index contributed by atoms with van der Waals surface area (Å²) in [5.41, 5.74) is 0.995. The second-order valence-corrected chi connectivity index (χ2v) is 3.32. The first-order valence-corrected chi connectivity index (χ1v) is 5.21. The summed E-state index contributed by atoms with van der Waals surface area (Å²) in [6.07, 6.45) is 2.36. The molecule has 0 unspecified atom stereocenters. The van der Waals surface area contributed by atoms with Gasteiger partial charge >= 0.3 is 5.97 Å². The maximum Gasteiger partial charge on any atom is 0.326 e. The van der Waals surface area contributed by atoms with Gasteiger partial charge in [-0.2, -0.15) is 0 Å². The quantitative estimate of drug-likeness (QED) is 0.692. The molecular weight excluding hydrogens is 204 g/mol. The molecular formula is C13H18O3. The number of hydrogen-bond acceptors (Lipinski definition) is 3. The van der Waals surface area contributed by atoms with Gasteiger partial charge in [0.15, 0.2) is 0 Å². The molecule has 0 aliphatic carbocycles. The van der Waals surface area contributed by atoms with Crippen LogP contribution in [-0.4, -0.2) is 20.2 Å². The van der Waals surface area contributed by atoms with E-state index in [2.05, 4.69) is 6.58 Å². The van der Waals surface area contributed by atoms with Crippen LogP contribution < -0.4 is 4.74 Å². The summed E-state index contributed by atoms with van der Waals surface area (Å²) in [6.45, 7) is 5.65. The number of ether oxygens (including phenoxy) is 3. The van der Waals surface area contributed by atoms with Gasteiger partial charge in [-0.1, -0.05) is 31.7 Å². The summed E-state index contributed by atoms with van der Waals surface area (Å²) in [6, 6.07) is 7.59. The van der Waals surface area contributed by atoms with Gasteiger partial charge in [-0.3, -0.25) is 0 Å². The Labute approximate surface area is 96.6 Å². The lowest BCUT2D eigenvalue weighted by Gasteiger charge is -2.29. The summed E-state index contributed by atoms with van der Waals surface area (Å²) in [5.74, 6) is -0.317. The average Bonchev–Trinajstić information content (AvgIpc) is 2.36. The van der Waals surface area contributed by atoms with Crippen molar-refractivity contribution >= 4 is 6.08 Å². The highest BCUT2D eigenvalue weighted by Crippen LogP contribution is 2.24. The van der Waals surface area contributed by atoms with E-state index in [0.717, 1.165) is 5.56 Å². The van der Waals surface area contributed by atoms with Crippen molar-refractivity contribution in [3.05, 3.63) is 36.4 Å². The van der Waals surface area contributed by atoms with Gasteiger partial charge in [0.2, 0.25) is 0 Å². The van der Waals surface area contributed by atoms with E-state index in [-0.39, 0.29) is 0 Å². The Hall–Kier alpha value is -1.32. The fraction of sp³-hybridized carbons (Fsp3) is 0.385. The van der Waals surface area contributed by atoms with Crippen LogP contribution in [0, 0.1) is 0 Å². The molecule has 1 rings (SSSR count). The lowest BCUT2D eigenvalue weighted by Crippen LogP contribution is -2.39. The second kappa shape index (κ2) is 5.68. The van der Waals surface area contributed by atoms with E-state index in [1.54, 1.807) is 20.3 Å². The molecule has 0 aliphatic rings. The van der Waals surface area contributed by atoms with Crippen LogP contribution in [0.15, 0.2) is 30.8 Å². The van der Waals surface area contributed by atoms with E-state index in [1.165, 1.54) is 0 Å². The first-order valence-electron chi connectivity index (χ1n) is 5.21. The molecule has 0 atom stereocenters. The van der Waals surface area contributed by atoms with Gasteiger partial charge < -0.3 is 14.2 Å². The predicted octanol–water partition coefficient (Wildman–Crippen LogP) is 3.07. The molecule has 0 bridgehead atoms. The van der Waals surface area contributed by atoms with Gasteiger partial charge in [0, 0.05) is 20.6 Å². The SMILES string of the molecule is C=Cc1cccc(OC(CC)(OC)OC)c1. The maximum absolute atomic E-state index is 5.70. The van der Waals surface area contributed by atoms with Gasteiger partial charge in [-0.25, -0.2) is 0 Å². The fourth-order valence-electron chi connectivity index (χ4n) is 1.41. The highest BCUT2D eigenvalue weighted by atomic mass is 16.9. The van der Waals surface area contributed by atoms with Crippen LogP contribution in [-0.2, 0) is 9.47 Å². The highest BCUT2D eigenvalue weighted by Gasteiger charge is 2.29. The molecule has 3 heteroatoms. The zero-order chi connectivity index (χ0) is 12.0. The molecule has 0 saturated heterocycles. The van der Waals surface area contributed by atoms with E-state index in [4.69, 9.17) is 14.2 Å². The minimum atomic E-state index is -1.01. The molecule has 0 aliphatic heterocycles. The summed E-state index contributed by atoms with van der Waals surface area (Å²) in [5, 5.41) is 0. The van der Waals surface area contributed by atoms with Crippen LogP contribution in [0.3, 0.4) is 0 Å². The molecule has 1 aromatic carbocycles. The summed E-state index contributed by atoms with van der Waals surface area (Å²) in [7, 11) is 3.12. The lowest BCUT2D eigenvalue weighted by atomic mass is 10.2. The minimum absolute atomic E-state index is 0.596. The molecule has 0 aromatic heterocycles. The van der Waals surface area contributed by atoms with Gasteiger partial charge in [-0.05, 0) is 17.7 Å². The summed E-state index contributed by atoms with van der Waals surface area (Å²) < 4.78 is 16.2. The summed E-state index contributed by atoms with van der Waals surface area (Å²) >= 11 is 0. The molecule has 88 valence electrons. The topological polar surface area (TPSA) is 27.7 Å². The molecule has 16 heavy (non-hydrogen) atoms.